The number of anilines is 1. The molecule has 3 aromatic rings. The van der Waals surface area contributed by atoms with Crippen LogP contribution in [-0.4, -0.2) is 47.7 Å². The van der Waals surface area contributed by atoms with Crippen molar-refractivity contribution >= 4 is 23.1 Å². The van der Waals surface area contributed by atoms with Crippen LogP contribution in [0.25, 0.3) is 11.1 Å². The fourth-order valence-corrected chi connectivity index (χ4v) is 4.31. The van der Waals surface area contributed by atoms with Crippen LogP contribution in [-0.2, 0) is 0 Å². The van der Waals surface area contributed by atoms with Gasteiger partial charge in [0.25, 0.3) is 11.6 Å². The van der Waals surface area contributed by atoms with Gasteiger partial charge in [-0.15, -0.1) is 0 Å². The molecule has 1 aliphatic heterocycles. The molecule has 154 valence electrons. The Labute approximate surface area is 178 Å². The Balaban J connectivity index is 1.31. The van der Waals surface area contributed by atoms with Crippen LogP contribution in [0.4, 0.5) is 11.4 Å². The number of carbonyl (C=O) groups is 2. The molecule has 0 saturated carbocycles. The van der Waals surface area contributed by atoms with Crippen molar-refractivity contribution in [2.75, 3.05) is 31.1 Å². The van der Waals surface area contributed by atoms with E-state index in [4.69, 9.17) is 0 Å². The highest BCUT2D eigenvalue weighted by Gasteiger charge is 2.29. The Hall–Kier alpha value is -4.00. The van der Waals surface area contributed by atoms with Crippen molar-refractivity contribution in [3.63, 3.8) is 0 Å². The normalized spacial score (nSPS) is 14.9. The third-order valence-corrected chi connectivity index (χ3v) is 5.95. The second-order valence-corrected chi connectivity index (χ2v) is 7.69. The number of carbonyl (C=O) groups excluding carboxylic acids is 2. The van der Waals surface area contributed by atoms with Gasteiger partial charge in [0.05, 0.1) is 4.92 Å². The Kier molecular flexibility index (Phi) is 4.51. The highest BCUT2D eigenvalue weighted by atomic mass is 16.6. The number of rotatable bonds is 3. The number of non-ortho nitro benzene ring substituents is 1. The molecule has 31 heavy (non-hydrogen) atoms. The van der Waals surface area contributed by atoms with Gasteiger partial charge < -0.3 is 9.80 Å². The molecule has 0 atom stereocenters. The molecule has 3 aromatic carbocycles. The number of ketones is 1. The molecule has 1 saturated heterocycles. The van der Waals surface area contributed by atoms with Gasteiger partial charge in [0, 0.05) is 60.7 Å². The largest absolute Gasteiger partial charge is 0.368 e. The van der Waals surface area contributed by atoms with E-state index >= 15 is 0 Å². The van der Waals surface area contributed by atoms with Crippen molar-refractivity contribution in [3.8, 4) is 11.1 Å². The molecule has 2 aliphatic rings. The fourth-order valence-electron chi connectivity index (χ4n) is 4.31. The first-order chi connectivity index (χ1) is 15.0. The maximum Gasteiger partial charge on any atom is 0.271 e. The van der Waals surface area contributed by atoms with Crippen LogP contribution in [0.3, 0.4) is 0 Å². The number of fused-ring (bicyclic) bond motifs is 3. The van der Waals surface area contributed by atoms with Gasteiger partial charge in [-0.05, 0) is 29.3 Å². The number of benzene rings is 3. The number of hydrogen-bond acceptors (Lipinski definition) is 5. The van der Waals surface area contributed by atoms with E-state index in [1.54, 1.807) is 29.2 Å². The molecule has 7 heteroatoms. The lowest BCUT2D eigenvalue weighted by Gasteiger charge is -2.36. The van der Waals surface area contributed by atoms with Crippen LogP contribution in [0.5, 0.6) is 0 Å². The zero-order chi connectivity index (χ0) is 21.5. The van der Waals surface area contributed by atoms with Crippen LogP contribution in [0, 0.1) is 10.1 Å². The molecule has 1 fully saturated rings. The molecular formula is C24H19N3O4. The maximum absolute atomic E-state index is 13.1. The molecule has 0 spiro atoms. The quantitative estimate of drug-likeness (QED) is 0.377. The highest BCUT2D eigenvalue weighted by Crippen LogP contribution is 2.37. The van der Waals surface area contributed by atoms with E-state index in [1.807, 2.05) is 41.3 Å². The first kappa shape index (κ1) is 19.0. The van der Waals surface area contributed by atoms with Gasteiger partial charge in [0.2, 0.25) is 0 Å². The van der Waals surface area contributed by atoms with Crippen molar-refractivity contribution < 1.29 is 14.5 Å². The first-order valence-electron chi connectivity index (χ1n) is 10.1. The van der Waals surface area contributed by atoms with Crippen LogP contribution in [0.1, 0.15) is 26.3 Å². The summed E-state index contributed by atoms with van der Waals surface area (Å²) in [5.74, 6) is -0.152. The van der Waals surface area contributed by atoms with E-state index in [-0.39, 0.29) is 17.4 Å². The van der Waals surface area contributed by atoms with Gasteiger partial charge in [-0.1, -0.05) is 36.4 Å². The zero-order valence-corrected chi connectivity index (χ0v) is 16.7. The molecule has 1 aliphatic carbocycles. The smallest absolute Gasteiger partial charge is 0.271 e. The lowest BCUT2D eigenvalue weighted by Crippen LogP contribution is -2.48. The number of piperazine rings is 1. The average molecular weight is 413 g/mol. The van der Waals surface area contributed by atoms with Crippen molar-refractivity contribution in [2.24, 2.45) is 0 Å². The predicted octanol–water partition coefficient (Wildman–Crippen LogP) is 3.77. The molecule has 0 unspecified atom stereocenters. The number of nitro benzene ring substituents is 1. The van der Waals surface area contributed by atoms with Gasteiger partial charge in [0.15, 0.2) is 5.78 Å². The second kappa shape index (κ2) is 7.36. The minimum Gasteiger partial charge on any atom is -0.368 e. The Morgan fingerprint density at radius 2 is 1.52 bits per heavy atom. The monoisotopic (exact) mass is 413 g/mol. The summed E-state index contributed by atoms with van der Waals surface area (Å²) in [6.45, 7) is 2.18. The standard InChI is InChI=1S/C24H19N3O4/c28-23-21-7-2-1-6-19(21)20-9-8-16(14-22(20)23)24(29)26-12-10-25(11-13-26)17-4-3-5-18(15-17)27(30)31/h1-9,14-15H,10-13H2. The summed E-state index contributed by atoms with van der Waals surface area (Å²) >= 11 is 0. The number of amides is 1. The fraction of sp³-hybridized carbons (Fsp3) is 0.167. The molecule has 5 rings (SSSR count). The van der Waals surface area contributed by atoms with Crippen LogP contribution in [0.15, 0.2) is 66.7 Å². The minimum atomic E-state index is -0.406. The summed E-state index contributed by atoms with van der Waals surface area (Å²) in [6.07, 6.45) is 0. The summed E-state index contributed by atoms with van der Waals surface area (Å²) in [7, 11) is 0. The van der Waals surface area contributed by atoms with Crippen molar-refractivity contribution in [2.45, 2.75) is 0 Å². The Morgan fingerprint density at radius 1 is 0.806 bits per heavy atom. The first-order valence-corrected chi connectivity index (χ1v) is 10.1. The van der Waals surface area contributed by atoms with Gasteiger partial charge in [-0.3, -0.25) is 19.7 Å². The number of nitro groups is 1. The lowest BCUT2D eigenvalue weighted by molar-refractivity contribution is -0.384. The minimum absolute atomic E-state index is 0.0456. The third-order valence-electron chi connectivity index (χ3n) is 5.95. The topological polar surface area (TPSA) is 83.8 Å². The summed E-state index contributed by atoms with van der Waals surface area (Å²) in [4.78, 5) is 40.2. The van der Waals surface area contributed by atoms with Gasteiger partial charge in [0.1, 0.15) is 0 Å². The zero-order valence-electron chi connectivity index (χ0n) is 16.7. The summed E-state index contributed by atoms with van der Waals surface area (Å²) in [5.41, 5.74) is 4.36. The maximum atomic E-state index is 13.1. The number of nitrogens with zero attached hydrogens (tertiary/aromatic N) is 3. The molecule has 0 radical (unpaired) electrons. The van der Waals surface area contributed by atoms with Gasteiger partial charge in [-0.25, -0.2) is 0 Å². The van der Waals surface area contributed by atoms with Crippen LogP contribution in [0.2, 0.25) is 0 Å². The Bertz CT molecular complexity index is 1230. The summed E-state index contributed by atoms with van der Waals surface area (Å²) in [5, 5.41) is 11.0. The second-order valence-electron chi connectivity index (χ2n) is 7.69. The lowest BCUT2D eigenvalue weighted by atomic mass is 10.0. The van der Waals surface area contributed by atoms with E-state index in [1.165, 1.54) is 6.07 Å². The van der Waals surface area contributed by atoms with E-state index in [2.05, 4.69) is 0 Å². The molecule has 1 heterocycles. The Morgan fingerprint density at radius 3 is 2.26 bits per heavy atom. The van der Waals surface area contributed by atoms with E-state index in [0.717, 1.165) is 16.8 Å². The van der Waals surface area contributed by atoms with Gasteiger partial charge >= 0.3 is 0 Å². The van der Waals surface area contributed by atoms with E-state index < -0.39 is 4.92 Å². The predicted molar refractivity (Wildman–Crippen MR) is 117 cm³/mol. The summed E-state index contributed by atoms with van der Waals surface area (Å²) < 4.78 is 0. The molecular weight excluding hydrogens is 394 g/mol. The van der Waals surface area contributed by atoms with Crippen LogP contribution >= 0.6 is 0 Å². The number of hydrogen-bond donors (Lipinski definition) is 0. The molecule has 1 amide bonds. The van der Waals surface area contributed by atoms with Crippen LogP contribution < -0.4 is 4.90 Å². The molecule has 7 nitrogen and oxygen atoms in total. The molecule has 0 bridgehead atoms. The SMILES string of the molecule is O=C1c2ccccc2-c2ccc(C(=O)N3CCN(c4cccc([N+](=O)[O-])c4)CC3)cc21. The van der Waals surface area contributed by atoms with Gasteiger partial charge in [-0.2, -0.15) is 0 Å². The van der Waals surface area contributed by atoms with E-state index in [0.29, 0.717) is 42.9 Å². The van der Waals surface area contributed by atoms with E-state index in [9.17, 15) is 19.7 Å². The molecule has 0 aromatic heterocycles. The highest BCUT2D eigenvalue weighted by molar-refractivity contribution is 6.22. The third kappa shape index (κ3) is 3.24. The van der Waals surface area contributed by atoms with Crippen molar-refractivity contribution in [3.05, 3.63) is 93.5 Å². The summed E-state index contributed by atoms with van der Waals surface area (Å²) in [6, 6.07) is 19.4. The molecule has 0 N–H and O–H groups in total. The van der Waals surface area contributed by atoms with Crippen molar-refractivity contribution in [1.29, 1.82) is 0 Å². The van der Waals surface area contributed by atoms with Crippen molar-refractivity contribution in [1.82, 2.24) is 4.90 Å². The average Bonchev–Trinajstić information content (AvgIpc) is 3.10.